The van der Waals surface area contributed by atoms with Crippen molar-refractivity contribution in [3.63, 3.8) is 0 Å². The van der Waals surface area contributed by atoms with Gasteiger partial charge in [-0.3, -0.25) is 4.90 Å². The Kier molecular flexibility index (Phi) is 2.83. The Morgan fingerprint density at radius 3 is 2.82 bits per heavy atom. The van der Waals surface area contributed by atoms with Gasteiger partial charge in [0.15, 0.2) is 0 Å². The number of hydrogen-bond acceptors (Lipinski definition) is 2. The van der Waals surface area contributed by atoms with E-state index in [0.717, 1.165) is 30.6 Å². The molecule has 2 nitrogen and oxygen atoms in total. The van der Waals surface area contributed by atoms with Gasteiger partial charge in [0.2, 0.25) is 0 Å². The Labute approximate surface area is 104 Å². The van der Waals surface area contributed by atoms with Gasteiger partial charge in [0.1, 0.15) is 0 Å². The summed E-state index contributed by atoms with van der Waals surface area (Å²) in [5.41, 5.74) is 9.66. The molecule has 1 aliphatic heterocycles. The van der Waals surface area contributed by atoms with E-state index in [9.17, 15) is 0 Å². The molecule has 0 bridgehead atoms. The lowest BCUT2D eigenvalue weighted by atomic mass is 9.98. The van der Waals surface area contributed by atoms with Gasteiger partial charge in [0.25, 0.3) is 0 Å². The number of rotatable bonds is 2. The molecular formula is C15H22N2. The highest BCUT2D eigenvalue weighted by Gasteiger charge is 2.27. The predicted octanol–water partition coefficient (Wildman–Crippen LogP) is 3.02. The molecule has 0 aromatic heterocycles. The quantitative estimate of drug-likeness (QED) is 0.791. The molecule has 0 spiro atoms. The fourth-order valence-electron chi connectivity index (χ4n) is 3.44. The van der Waals surface area contributed by atoms with Gasteiger partial charge in [-0.1, -0.05) is 25.8 Å². The van der Waals surface area contributed by atoms with Crippen molar-refractivity contribution in [3.05, 3.63) is 29.3 Å². The molecule has 1 heterocycles. The van der Waals surface area contributed by atoms with E-state index < -0.39 is 0 Å². The zero-order valence-electron chi connectivity index (χ0n) is 10.7. The number of hydrogen-bond donors (Lipinski definition) is 1. The number of nitrogens with two attached hydrogens (primary N) is 1. The fraction of sp³-hybridized carbons (Fsp3) is 0.600. The molecule has 1 aliphatic carbocycles. The molecule has 3 rings (SSSR count). The topological polar surface area (TPSA) is 29.3 Å². The summed E-state index contributed by atoms with van der Waals surface area (Å²) >= 11 is 0. The third-order valence-corrected chi connectivity index (χ3v) is 4.55. The van der Waals surface area contributed by atoms with Crippen LogP contribution in [0.15, 0.2) is 18.2 Å². The minimum absolute atomic E-state index is 0.903. The van der Waals surface area contributed by atoms with Crippen LogP contribution >= 0.6 is 0 Å². The van der Waals surface area contributed by atoms with Crippen LogP contribution in [0.3, 0.4) is 0 Å². The van der Waals surface area contributed by atoms with Crippen LogP contribution < -0.4 is 5.73 Å². The molecule has 1 aromatic carbocycles. The summed E-state index contributed by atoms with van der Waals surface area (Å²) in [6.45, 7) is 5.91. The fourth-order valence-corrected chi connectivity index (χ4v) is 3.44. The Morgan fingerprint density at radius 2 is 2.06 bits per heavy atom. The number of benzene rings is 1. The van der Waals surface area contributed by atoms with Crippen LogP contribution in [0.4, 0.5) is 5.69 Å². The first kappa shape index (κ1) is 11.1. The second kappa shape index (κ2) is 4.34. The number of fused-ring (bicyclic) bond motifs is 1. The average molecular weight is 230 g/mol. The maximum atomic E-state index is 5.84. The molecule has 17 heavy (non-hydrogen) atoms. The first-order valence-electron chi connectivity index (χ1n) is 6.82. The highest BCUT2D eigenvalue weighted by atomic mass is 15.1. The Morgan fingerprint density at radius 1 is 1.24 bits per heavy atom. The Hall–Kier alpha value is -1.02. The maximum absolute atomic E-state index is 5.84. The van der Waals surface area contributed by atoms with Crippen LogP contribution in [-0.4, -0.2) is 11.4 Å². The van der Waals surface area contributed by atoms with Gasteiger partial charge >= 0.3 is 0 Å². The zero-order chi connectivity index (χ0) is 11.8. The van der Waals surface area contributed by atoms with Crippen LogP contribution in [0.1, 0.15) is 37.3 Å². The highest BCUT2D eigenvalue weighted by molar-refractivity contribution is 5.46. The van der Waals surface area contributed by atoms with Crippen molar-refractivity contribution in [2.75, 3.05) is 12.3 Å². The number of nitrogens with zero attached hydrogens (tertiary/aromatic N) is 1. The highest BCUT2D eigenvalue weighted by Crippen LogP contribution is 2.34. The molecule has 2 aliphatic rings. The van der Waals surface area contributed by atoms with Gasteiger partial charge in [0.05, 0.1) is 0 Å². The largest absolute Gasteiger partial charge is 0.399 e. The van der Waals surface area contributed by atoms with Gasteiger partial charge in [-0.15, -0.1) is 0 Å². The molecule has 1 aromatic rings. The van der Waals surface area contributed by atoms with Crippen molar-refractivity contribution in [1.82, 2.24) is 4.90 Å². The average Bonchev–Trinajstić information content (AvgIpc) is 2.85. The Bertz CT molecular complexity index is 413. The molecule has 2 N–H and O–H groups in total. The van der Waals surface area contributed by atoms with Crippen molar-refractivity contribution in [2.45, 2.75) is 39.3 Å². The molecule has 0 amide bonds. The predicted molar refractivity (Wildman–Crippen MR) is 71.5 cm³/mol. The lowest BCUT2D eigenvalue weighted by Gasteiger charge is -2.22. The molecule has 0 saturated heterocycles. The second-order valence-electron chi connectivity index (χ2n) is 5.87. The minimum Gasteiger partial charge on any atom is -0.399 e. The van der Waals surface area contributed by atoms with Crippen molar-refractivity contribution in [3.8, 4) is 0 Å². The van der Waals surface area contributed by atoms with E-state index in [4.69, 9.17) is 5.73 Å². The van der Waals surface area contributed by atoms with E-state index in [1.54, 1.807) is 0 Å². The van der Waals surface area contributed by atoms with Crippen molar-refractivity contribution in [2.24, 2.45) is 11.8 Å². The van der Waals surface area contributed by atoms with Gasteiger partial charge in [-0.25, -0.2) is 0 Å². The molecular weight excluding hydrogens is 208 g/mol. The Balaban J connectivity index is 1.66. The van der Waals surface area contributed by atoms with Crippen molar-refractivity contribution in [1.29, 1.82) is 0 Å². The number of nitrogen functional groups attached to an aromatic ring is 1. The monoisotopic (exact) mass is 230 g/mol. The van der Waals surface area contributed by atoms with E-state index in [2.05, 4.69) is 24.0 Å². The van der Waals surface area contributed by atoms with Crippen LogP contribution in [-0.2, 0) is 13.1 Å². The molecule has 2 unspecified atom stereocenters. The maximum Gasteiger partial charge on any atom is 0.0317 e. The summed E-state index contributed by atoms with van der Waals surface area (Å²) in [6, 6.07) is 6.37. The second-order valence-corrected chi connectivity index (χ2v) is 5.87. The lowest BCUT2D eigenvalue weighted by molar-refractivity contribution is 0.213. The first-order chi connectivity index (χ1) is 8.22. The van der Waals surface area contributed by atoms with Gasteiger partial charge in [-0.05, 0) is 41.5 Å². The summed E-state index contributed by atoms with van der Waals surface area (Å²) in [5.74, 6) is 1.84. The summed E-state index contributed by atoms with van der Waals surface area (Å²) in [5, 5.41) is 0. The summed E-state index contributed by atoms with van der Waals surface area (Å²) in [4.78, 5) is 2.59. The van der Waals surface area contributed by atoms with Crippen molar-refractivity contribution < 1.29 is 0 Å². The SMILES string of the molecule is CC1CCCC1CN1Cc2ccc(N)cc2C1. The van der Waals surface area contributed by atoms with Gasteiger partial charge < -0.3 is 5.73 Å². The zero-order valence-corrected chi connectivity index (χ0v) is 10.7. The number of anilines is 1. The van der Waals surface area contributed by atoms with Crippen LogP contribution in [0.2, 0.25) is 0 Å². The first-order valence-corrected chi connectivity index (χ1v) is 6.82. The summed E-state index contributed by atoms with van der Waals surface area (Å²) < 4.78 is 0. The normalized spacial score (nSPS) is 28.5. The van der Waals surface area contributed by atoms with E-state index in [1.165, 1.54) is 36.9 Å². The molecule has 92 valence electrons. The van der Waals surface area contributed by atoms with Crippen molar-refractivity contribution >= 4 is 5.69 Å². The standard InChI is InChI=1S/C15H22N2/c1-11-3-2-4-12(11)8-17-9-13-5-6-15(16)7-14(13)10-17/h5-7,11-12H,2-4,8-10,16H2,1H3. The van der Waals surface area contributed by atoms with E-state index in [0.29, 0.717) is 0 Å². The molecule has 0 radical (unpaired) electrons. The third kappa shape index (κ3) is 2.19. The van der Waals surface area contributed by atoms with Crippen LogP contribution in [0, 0.1) is 11.8 Å². The smallest absolute Gasteiger partial charge is 0.0317 e. The molecule has 1 saturated carbocycles. The van der Waals surface area contributed by atoms with Gasteiger partial charge in [0, 0.05) is 25.3 Å². The van der Waals surface area contributed by atoms with E-state index in [-0.39, 0.29) is 0 Å². The minimum atomic E-state index is 0.903. The molecule has 1 fully saturated rings. The summed E-state index contributed by atoms with van der Waals surface area (Å²) in [6.07, 6.45) is 4.29. The molecule has 2 heteroatoms. The van der Waals surface area contributed by atoms with E-state index in [1.807, 2.05) is 6.07 Å². The third-order valence-electron chi connectivity index (χ3n) is 4.55. The summed E-state index contributed by atoms with van der Waals surface area (Å²) in [7, 11) is 0. The van der Waals surface area contributed by atoms with Gasteiger partial charge in [-0.2, -0.15) is 0 Å². The van der Waals surface area contributed by atoms with Crippen LogP contribution in [0.5, 0.6) is 0 Å². The van der Waals surface area contributed by atoms with Crippen LogP contribution in [0.25, 0.3) is 0 Å². The van der Waals surface area contributed by atoms with E-state index >= 15 is 0 Å². The lowest BCUT2D eigenvalue weighted by Crippen LogP contribution is -2.25. The molecule has 2 atom stereocenters.